The first-order valence-corrected chi connectivity index (χ1v) is 9.04. The lowest BCUT2D eigenvalue weighted by Gasteiger charge is -2.00. The highest BCUT2D eigenvalue weighted by molar-refractivity contribution is 14.1. The number of nitrogens with zero attached hydrogens (tertiary/aromatic N) is 3. The molecule has 0 atom stereocenters. The smallest absolute Gasteiger partial charge is 0.213 e. The third-order valence-corrected chi connectivity index (χ3v) is 5.12. The second-order valence-corrected chi connectivity index (χ2v) is 8.07. The summed E-state index contributed by atoms with van der Waals surface area (Å²) in [6.07, 6.45) is 3.03. The Morgan fingerprint density at radius 1 is 1.37 bits per heavy atom. The highest BCUT2D eigenvalue weighted by Crippen LogP contribution is 2.27. The fourth-order valence-electron chi connectivity index (χ4n) is 1.65. The van der Waals surface area contributed by atoms with Gasteiger partial charge in [-0.05, 0) is 34.7 Å². The number of fused-ring (bicyclic) bond motifs is 1. The van der Waals surface area contributed by atoms with E-state index in [0.717, 1.165) is 19.2 Å². The molecule has 0 fully saturated rings. The van der Waals surface area contributed by atoms with Crippen LogP contribution in [0.15, 0.2) is 35.4 Å². The Hall–Kier alpha value is -1.000. The Labute approximate surface area is 127 Å². The molecular formula is C11H8IN3O2S2. The summed E-state index contributed by atoms with van der Waals surface area (Å²) in [6, 6.07) is 6.79. The van der Waals surface area contributed by atoms with Gasteiger partial charge in [-0.15, -0.1) is 0 Å². The Bertz CT molecular complexity index is 836. The van der Waals surface area contributed by atoms with Crippen molar-refractivity contribution in [2.75, 3.05) is 6.26 Å². The van der Waals surface area contributed by atoms with E-state index in [2.05, 4.69) is 32.7 Å². The van der Waals surface area contributed by atoms with Crippen LogP contribution in [0.4, 0.5) is 0 Å². The molecule has 0 aliphatic carbocycles. The lowest BCUT2D eigenvalue weighted by atomic mass is 10.2. The monoisotopic (exact) mass is 405 g/mol. The summed E-state index contributed by atoms with van der Waals surface area (Å²) in [4.78, 5) is 5.41. The fourth-order valence-corrected chi connectivity index (χ4v) is 3.85. The highest BCUT2D eigenvalue weighted by Gasteiger charge is 2.12. The summed E-state index contributed by atoms with van der Waals surface area (Å²) >= 11 is 3.56. The van der Waals surface area contributed by atoms with Gasteiger partial charge in [0.05, 0.1) is 11.1 Å². The normalized spacial score (nSPS) is 12.1. The van der Waals surface area contributed by atoms with E-state index in [0.29, 0.717) is 4.90 Å². The van der Waals surface area contributed by atoms with Gasteiger partial charge >= 0.3 is 0 Å². The van der Waals surface area contributed by atoms with Gasteiger partial charge in [-0.25, -0.2) is 17.9 Å². The van der Waals surface area contributed by atoms with E-state index in [9.17, 15) is 8.42 Å². The van der Waals surface area contributed by atoms with E-state index in [1.54, 1.807) is 22.7 Å². The molecule has 98 valence electrons. The number of halogens is 1. The van der Waals surface area contributed by atoms with E-state index < -0.39 is 9.84 Å². The predicted molar refractivity (Wildman–Crippen MR) is 82.1 cm³/mol. The maximum absolute atomic E-state index is 11.5. The third kappa shape index (κ3) is 2.51. The molecule has 0 spiro atoms. The average molecular weight is 405 g/mol. The molecule has 0 saturated carbocycles. The molecule has 0 aliphatic rings. The largest absolute Gasteiger partial charge is 0.224 e. The Morgan fingerprint density at radius 3 is 2.84 bits per heavy atom. The number of rotatable bonds is 2. The summed E-state index contributed by atoms with van der Waals surface area (Å²) in [6.45, 7) is 0. The van der Waals surface area contributed by atoms with Crippen LogP contribution in [0.2, 0.25) is 0 Å². The maximum atomic E-state index is 11.5. The lowest BCUT2D eigenvalue weighted by Crippen LogP contribution is -1.96. The van der Waals surface area contributed by atoms with Gasteiger partial charge in [-0.2, -0.15) is 5.10 Å². The van der Waals surface area contributed by atoms with E-state index in [1.807, 2.05) is 12.3 Å². The quantitative estimate of drug-likeness (QED) is 0.615. The van der Waals surface area contributed by atoms with E-state index in [-0.39, 0.29) is 0 Å². The number of hydrogen-bond donors (Lipinski definition) is 0. The first-order chi connectivity index (χ1) is 8.93. The van der Waals surface area contributed by atoms with Crippen LogP contribution in [0.3, 0.4) is 0 Å². The zero-order valence-corrected chi connectivity index (χ0v) is 13.5. The molecule has 19 heavy (non-hydrogen) atoms. The van der Waals surface area contributed by atoms with Gasteiger partial charge in [-0.3, -0.25) is 0 Å². The summed E-state index contributed by atoms with van der Waals surface area (Å²) in [5, 5.41) is 5.15. The molecule has 0 saturated heterocycles. The van der Waals surface area contributed by atoms with Crippen LogP contribution in [-0.2, 0) is 9.84 Å². The number of hydrogen-bond acceptors (Lipinski definition) is 5. The van der Waals surface area contributed by atoms with Gasteiger partial charge < -0.3 is 0 Å². The molecule has 5 nitrogen and oxygen atoms in total. The summed E-state index contributed by atoms with van der Waals surface area (Å²) in [7, 11) is -3.20. The summed E-state index contributed by atoms with van der Waals surface area (Å²) in [5.41, 5.74) is 0.786. The standard InChI is InChI=1S/C11H8IN3O2S2/c1-19(16,17)8-4-2-3-7(5-8)10-14-15-6-9(12)13-11(15)18-10/h2-6H,1H3. The van der Waals surface area contributed by atoms with Gasteiger partial charge in [0.15, 0.2) is 9.84 Å². The summed E-state index contributed by atoms with van der Waals surface area (Å²) in [5.74, 6) is 0. The van der Waals surface area contributed by atoms with Crippen LogP contribution in [-0.4, -0.2) is 29.3 Å². The van der Waals surface area contributed by atoms with Gasteiger partial charge in [0.1, 0.15) is 8.71 Å². The minimum atomic E-state index is -3.20. The molecule has 0 N–H and O–H groups in total. The van der Waals surface area contributed by atoms with Crippen molar-refractivity contribution in [1.82, 2.24) is 14.6 Å². The first-order valence-electron chi connectivity index (χ1n) is 5.26. The maximum Gasteiger partial charge on any atom is 0.213 e. The van der Waals surface area contributed by atoms with Gasteiger partial charge in [0.25, 0.3) is 0 Å². The minimum absolute atomic E-state index is 0.299. The van der Waals surface area contributed by atoms with Crippen LogP contribution < -0.4 is 0 Å². The van der Waals surface area contributed by atoms with Crippen LogP contribution in [0.1, 0.15) is 0 Å². The molecule has 2 aromatic heterocycles. The van der Waals surface area contributed by atoms with Crippen molar-refractivity contribution < 1.29 is 8.42 Å². The molecular weight excluding hydrogens is 397 g/mol. The summed E-state index contributed by atoms with van der Waals surface area (Å²) < 4.78 is 25.7. The van der Waals surface area contributed by atoms with Crippen LogP contribution in [0.25, 0.3) is 15.5 Å². The zero-order chi connectivity index (χ0) is 13.6. The van der Waals surface area contributed by atoms with Gasteiger partial charge in [0.2, 0.25) is 4.96 Å². The number of imidazole rings is 1. The van der Waals surface area contributed by atoms with E-state index >= 15 is 0 Å². The fraction of sp³-hybridized carbons (Fsp3) is 0.0909. The van der Waals surface area contributed by atoms with Crippen molar-refractivity contribution in [3.8, 4) is 10.6 Å². The Morgan fingerprint density at radius 2 is 2.16 bits per heavy atom. The van der Waals surface area contributed by atoms with Crippen LogP contribution in [0, 0.1) is 3.70 Å². The molecule has 0 radical (unpaired) electrons. The van der Waals surface area contributed by atoms with Crippen LogP contribution >= 0.6 is 33.9 Å². The first kappa shape index (κ1) is 13.0. The number of benzene rings is 1. The molecule has 0 unspecified atom stereocenters. The Kier molecular flexibility index (Phi) is 3.10. The molecule has 1 aromatic carbocycles. The molecule has 8 heteroatoms. The van der Waals surface area contributed by atoms with E-state index in [4.69, 9.17) is 0 Å². The second kappa shape index (κ2) is 4.53. The zero-order valence-electron chi connectivity index (χ0n) is 9.74. The van der Waals surface area contributed by atoms with Crippen LogP contribution in [0.5, 0.6) is 0 Å². The SMILES string of the molecule is CS(=O)(=O)c1cccc(-c2nn3cc(I)nc3s2)c1. The molecule has 0 bridgehead atoms. The van der Waals surface area contributed by atoms with E-state index in [1.165, 1.54) is 17.6 Å². The van der Waals surface area contributed by atoms with Crippen molar-refractivity contribution in [1.29, 1.82) is 0 Å². The van der Waals surface area contributed by atoms with Crippen molar-refractivity contribution in [3.05, 3.63) is 34.2 Å². The molecule has 0 aliphatic heterocycles. The van der Waals surface area contributed by atoms with Crippen molar-refractivity contribution in [2.45, 2.75) is 4.90 Å². The van der Waals surface area contributed by atoms with Crippen molar-refractivity contribution in [2.24, 2.45) is 0 Å². The Balaban J connectivity index is 2.13. The molecule has 3 rings (SSSR count). The number of sulfone groups is 1. The van der Waals surface area contributed by atoms with Crippen molar-refractivity contribution in [3.63, 3.8) is 0 Å². The molecule has 0 amide bonds. The highest BCUT2D eigenvalue weighted by atomic mass is 127. The van der Waals surface area contributed by atoms with Gasteiger partial charge in [-0.1, -0.05) is 23.5 Å². The minimum Gasteiger partial charge on any atom is -0.224 e. The lowest BCUT2D eigenvalue weighted by molar-refractivity contribution is 0.602. The average Bonchev–Trinajstić information content (AvgIpc) is 2.85. The molecule has 3 aromatic rings. The van der Waals surface area contributed by atoms with Gasteiger partial charge in [0, 0.05) is 11.8 Å². The third-order valence-electron chi connectivity index (χ3n) is 2.52. The predicted octanol–water partition coefficient (Wildman–Crippen LogP) is 2.47. The topological polar surface area (TPSA) is 64.3 Å². The number of aromatic nitrogens is 3. The molecule has 2 heterocycles. The van der Waals surface area contributed by atoms with Crippen molar-refractivity contribution >= 4 is 48.7 Å². The second-order valence-electron chi connectivity index (χ2n) is 4.00.